The van der Waals surface area contributed by atoms with E-state index in [0.717, 1.165) is 4.57 Å². The second-order valence-electron chi connectivity index (χ2n) is 7.42. The number of fused-ring (bicyclic) bond motifs is 1. The Morgan fingerprint density at radius 3 is 2.49 bits per heavy atom. The second-order valence-corrected chi connectivity index (χ2v) is 10.5. The fourth-order valence-electron chi connectivity index (χ4n) is 3.29. The molecule has 2 aromatic heterocycles. The Labute approximate surface area is 195 Å². The van der Waals surface area contributed by atoms with Crippen LogP contribution in [0.2, 0.25) is 0 Å². The van der Waals surface area contributed by atoms with E-state index in [1.807, 2.05) is 0 Å². The van der Waals surface area contributed by atoms with E-state index in [4.69, 9.17) is 19.4 Å². The number of rotatable bonds is 8. The number of para-hydroxylation sites is 2. The first-order valence-corrected chi connectivity index (χ1v) is 13.0. The Morgan fingerprint density at radius 2 is 1.83 bits per heavy atom. The van der Waals surface area contributed by atoms with Crippen molar-refractivity contribution in [2.24, 2.45) is 0 Å². The average molecular weight is 534 g/mol. The average Bonchev–Trinajstić information content (AvgIpc) is 3.32. The quantitative estimate of drug-likeness (QED) is 0.201. The summed E-state index contributed by atoms with van der Waals surface area (Å²) in [6.07, 6.45) is -5.05. The lowest BCUT2D eigenvalue weighted by atomic mass is 10.1. The van der Waals surface area contributed by atoms with Crippen LogP contribution in [0.5, 0.6) is 0 Å². The van der Waals surface area contributed by atoms with Gasteiger partial charge in [0.1, 0.15) is 29.6 Å². The van der Waals surface area contributed by atoms with E-state index in [-0.39, 0.29) is 16.9 Å². The van der Waals surface area contributed by atoms with Gasteiger partial charge in [-0.05, 0) is 18.2 Å². The van der Waals surface area contributed by atoms with E-state index in [1.165, 1.54) is 24.4 Å². The van der Waals surface area contributed by atoms with E-state index in [2.05, 4.69) is 14.5 Å². The highest BCUT2D eigenvalue weighted by atomic mass is 31.2. The van der Waals surface area contributed by atoms with Crippen LogP contribution in [0, 0.1) is 0 Å². The van der Waals surface area contributed by atoms with Crippen LogP contribution in [0.15, 0.2) is 45.7 Å². The van der Waals surface area contributed by atoms with Crippen LogP contribution in [0.4, 0.5) is 5.82 Å². The predicted molar refractivity (Wildman–Crippen MR) is 114 cm³/mol. The molecular formula is C17H20N4O12P2. The van der Waals surface area contributed by atoms with Crippen LogP contribution in [-0.4, -0.2) is 64.3 Å². The molecule has 1 aliphatic heterocycles. The van der Waals surface area contributed by atoms with Gasteiger partial charge >= 0.3 is 21.1 Å². The number of ether oxygens (including phenoxy) is 1. The first-order chi connectivity index (χ1) is 16.4. The van der Waals surface area contributed by atoms with Crippen LogP contribution in [0.3, 0.4) is 0 Å². The molecule has 0 saturated carbocycles. The van der Waals surface area contributed by atoms with E-state index in [0.29, 0.717) is 0 Å². The van der Waals surface area contributed by atoms with Crippen molar-refractivity contribution in [3.05, 3.63) is 52.9 Å². The normalized spacial score (nSPS) is 25.5. The third-order valence-electron chi connectivity index (χ3n) is 4.93. The van der Waals surface area contributed by atoms with Gasteiger partial charge in [-0.3, -0.25) is 18.2 Å². The first-order valence-electron chi connectivity index (χ1n) is 9.78. The number of aliphatic hydroxyl groups excluding tert-OH is 2. The van der Waals surface area contributed by atoms with Crippen molar-refractivity contribution in [2.45, 2.75) is 30.4 Å². The molecule has 3 aromatic rings. The number of phosphoric acid groups is 1. The number of benzene rings is 1. The SMILES string of the molecule is Nc1ccn([C@@H]2O[C@H](COP(=O)(O)OC(c3nc4ccccc4o3)P(=O)(O)O)[C@@H](O)[C@H]2O)c(=O)n1. The fraction of sp³-hybridized carbons (Fsp3) is 0.353. The minimum atomic E-state index is -5.25. The topological polar surface area (TPSA) is 250 Å². The Kier molecular flexibility index (Phi) is 6.96. The van der Waals surface area contributed by atoms with E-state index >= 15 is 0 Å². The van der Waals surface area contributed by atoms with Crippen molar-refractivity contribution in [3.8, 4) is 0 Å². The number of nitrogens with two attached hydrogens (primary N) is 1. The van der Waals surface area contributed by atoms with Gasteiger partial charge in [0.15, 0.2) is 11.8 Å². The van der Waals surface area contributed by atoms with E-state index < -0.39 is 64.0 Å². The summed E-state index contributed by atoms with van der Waals surface area (Å²) < 4.78 is 45.3. The van der Waals surface area contributed by atoms with Gasteiger partial charge in [-0.15, -0.1) is 0 Å². The number of nitrogens with zero attached hydrogens (tertiary/aromatic N) is 3. The third kappa shape index (κ3) is 5.52. The van der Waals surface area contributed by atoms with E-state index in [1.54, 1.807) is 12.1 Å². The number of nitrogen functional groups attached to an aromatic ring is 1. The zero-order chi connectivity index (χ0) is 25.5. The molecule has 190 valence electrons. The fourth-order valence-corrected chi connectivity index (χ4v) is 5.27. The maximum Gasteiger partial charge on any atom is 0.473 e. The van der Waals surface area contributed by atoms with Gasteiger partial charge in [-0.2, -0.15) is 4.98 Å². The van der Waals surface area contributed by atoms with Crippen molar-refractivity contribution in [1.29, 1.82) is 0 Å². The lowest BCUT2D eigenvalue weighted by Gasteiger charge is -2.21. The monoisotopic (exact) mass is 534 g/mol. The molecule has 0 radical (unpaired) electrons. The molecule has 7 N–H and O–H groups in total. The number of aromatic nitrogens is 3. The maximum absolute atomic E-state index is 12.5. The third-order valence-corrected chi connectivity index (χ3v) is 6.98. The summed E-state index contributed by atoms with van der Waals surface area (Å²) in [5, 5.41) is 20.5. The smallest absolute Gasteiger partial charge is 0.437 e. The van der Waals surface area contributed by atoms with Crippen LogP contribution in [0.1, 0.15) is 18.0 Å². The lowest BCUT2D eigenvalue weighted by molar-refractivity contribution is -0.0558. The summed E-state index contributed by atoms with van der Waals surface area (Å²) in [4.78, 5) is 48.7. The molecule has 6 atom stereocenters. The second kappa shape index (κ2) is 9.52. The van der Waals surface area contributed by atoms with Gasteiger partial charge in [0.05, 0.1) is 6.61 Å². The number of hydrogen-bond donors (Lipinski definition) is 6. The van der Waals surface area contributed by atoms with Crippen molar-refractivity contribution in [2.75, 3.05) is 12.3 Å². The maximum atomic E-state index is 12.5. The highest BCUT2D eigenvalue weighted by molar-refractivity contribution is 7.53. The van der Waals surface area contributed by atoms with Crippen molar-refractivity contribution in [3.63, 3.8) is 0 Å². The molecule has 4 rings (SSSR count). The predicted octanol–water partition coefficient (Wildman–Crippen LogP) is -0.404. The van der Waals surface area contributed by atoms with Crippen LogP contribution >= 0.6 is 15.4 Å². The van der Waals surface area contributed by atoms with Crippen LogP contribution in [0.25, 0.3) is 11.1 Å². The first kappa shape index (κ1) is 25.6. The van der Waals surface area contributed by atoms with Crippen molar-refractivity contribution < 1.29 is 52.2 Å². The molecule has 18 heteroatoms. The summed E-state index contributed by atoms with van der Waals surface area (Å²) in [7, 11) is -10.5. The molecule has 0 amide bonds. The minimum absolute atomic E-state index is 0.0870. The molecule has 1 aromatic carbocycles. The van der Waals surface area contributed by atoms with Gasteiger partial charge in [0, 0.05) is 6.20 Å². The van der Waals surface area contributed by atoms with Crippen molar-refractivity contribution >= 4 is 32.3 Å². The Hall–Kier alpha value is -2.49. The number of hydrogen-bond acceptors (Lipinski definition) is 12. The molecule has 3 heterocycles. The molecule has 0 aliphatic carbocycles. The van der Waals surface area contributed by atoms with Gasteiger partial charge in [-0.1, -0.05) is 12.1 Å². The molecule has 1 aliphatic rings. The summed E-state index contributed by atoms with van der Waals surface area (Å²) >= 11 is 0. The van der Waals surface area contributed by atoms with Gasteiger partial charge in [0.25, 0.3) is 0 Å². The largest absolute Gasteiger partial charge is 0.473 e. The molecule has 1 fully saturated rings. The zero-order valence-electron chi connectivity index (χ0n) is 17.5. The number of phosphoric ester groups is 1. The summed E-state index contributed by atoms with van der Waals surface area (Å²) in [5.41, 5.74) is 4.88. The Morgan fingerprint density at radius 1 is 1.11 bits per heavy atom. The van der Waals surface area contributed by atoms with Crippen LogP contribution in [-0.2, 0) is 22.9 Å². The van der Waals surface area contributed by atoms with E-state index in [9.17, 15) is 38.8 Å². The minimum Gasteiger partial charge on any atom is -0.437 e. The molecule has 1 saturated heterocycles. The molecule has 16 nitrogen and oxygen atoms in total. The number of anilines is 1. The van der Waals surface area contributed by atoms with Crippen LogP contribution < -0.4 is 11.4 Å². The lowest BCUT2D eigenvalue weighted by Crippen LogP contribution is -2.36. The Bertz CT molecular complexity index is 1340. The number of oxazole rings is 1. The summed E-state index contributed by atoms with van der Waals surface area (Å²) in [6, 6.07) is 7.35. The molecule has 0 spiro atoms. The van der Waals surface area contributed by atoms with Gasteiger partial charge < -0.3 is 39.8 Å². The summed E-state index contributed by atoms with van der Waals surface area (Å²) in [5.74, 6) is -3.14. The zero-order valence-corrected chi connectivity index (χ0v) is 19.3. The van der Waals surface area contributed by atoms with Gasteiger partial charge in [0.2, 0.25) is 11.7 Å². The standard InChI is InChI=1S/C17H20N4O12P2/c18-11-5-6-21(17(24)20-11)15-13(23)12(22)10(32-15)7-30-35(28,29)33-16(34(25,26)27)14-19-8-3-1-2-4-9(8)31-14/h1-6,10,12-13,15-16,22-23H,7H2,(H,28,29)(H2,18,20,24)(H2,25,26,27)/t10-,12-,13-,15-,16?/m1/s1. The molecule has 0 bridgehead atoms. The molecule has 35 heavy (non-hydrogen) atoms. The molecular weight excluding hydrogens is 514 g/mol. The van der Waals surface area contributed by atoms with Gasteiger partial charge in [-0.25, -0.2) is 14.3 Å². The molecule has 2 unspecified atom stereocenters. The highest BCUT2D eigenvalue weighted by Gasteiger charge is 2.47. The summed E-state index contributed by atoms with van der Waals surface area (Å²) in [6.45, 7) is -0.874. The number of aliphatic hydroxyl groups is 2. The Balaban J connectivity index is 1.47. The highest BCUT2D eigenvalue weighted by Crippen LogP contribution is 2.60. The van der Waals surface area contributed by atoms with Crippen molar-refractivity contribution in [1.82, 2.24) is 14.5 Å².